The fraction of sp³-hybridized carbons (Fsp3) is 0.172. The monoisotopic (exact) mass is 607 g/mol. The molecule has 0 atom stereocenters. The van der Waals surface area contributed by atoms with Crippen molar-refractivity contribution in [3.63, 3.8) is 0 Å². The van der Waals surface area contributed by atoms with Crippen LogP contribution in [-0.4, -0.2) is 59.1 Å². The summed E-state index contributed by atoms with van der Waals surface area (Å²) in [6, 6.07) is 19.3. The lowest BCUT2D eigenvalue weighted by molar-refractivity contribution is -0.832. The van der Waals surface area contributed by atoms with Gasteiger partial charge in [-0.1, -0.05) is 36.4 Å². The van der Waals surface area contributed by atoms with E-state index in [-0.39, 0.29) is 28.6 Å². The Labute approximate surface area is 245 Å². The first-order valence-corrected chi connectivity index (χ1v) is 14.2. The van der Waals surface area contributed by atoms with Crippen LogP contribution in [0.3, 0.4) is 0 Å². The SMILES string of the molecule is COc1cc(-c2cc(C(=O)OCCOc3no[n+]([O-])c3S(=O)(=O)c3ccccc3)c3ccccc3n2)cc(OC)c1OC. The highest BCUT2D eigenvalue weighted by molar-refractivity contribution is 7.91. The van der Waals surface area contributed by atoms with Crippen molar-refractivity contribution in [3.05, 3.63) is 83.6 Å². The van der Waals surface area contributed by atoms with Crippen LogP contribution in [0.5, 0.6) is 23.1 Å². The Kier molecular flexibility index (Phi) is 8.29. The first-order valence-electron chi connectivity index (χ1n) is 12.7. The molecule has 0 fully saturated rings. The maximum absolute atomic E-state index is 13.3. The number of carbonyl (C=O) groups is 1. The molecule has 0 aliphatic heterocycles. The van der Waals surface area contributed by atoms with Crippen molar-refractivity contribution in [2.75, 3.05) is 34.5 Å². The van der Waals surface area contributed by atoms with Gasteiger partial charge in [-0.25, -0.2) is 18.2 Å². The molecular formula is C29H25N3O10S. The number of sulfone groups is 1. The number of nitrogens with zero attached hydrogens (tertiary/aromatic N) is 3. The molecule has 5 rings (SSSR count). The number of methoxy groups -OCH3 is 3. The van der Waals surface area contributed by atoms with Gasteiger partial charge >= 0.3 is 16.9 Å². The summed E-state index contributed by atoms with van der Waals surface area (Å²) in [6.45, 7) is -0.621. The lowest BCUT2D eigenvalue weighted by atomic mass is 10.0. The summed E-state index contributed by atoms with van der Waals surface area (Å²) in [5, 5.41) is 15.2. The highest BCUT2D eigenvalue weighted by Gasteiger charge is 2.35. The number of hydrogen-bond donors (Lipinski definition) is 0. The van der Waals surface area contributed by atoms with Crippen LogP contribution in [0.25, 0.3) is 22.2 Å². The van der Waals surface area contributed by atoms with E-state index in [2.05, 4.69) is 9.79 Å². The zero-order valence-electron chi connectivity index (χ0n) is 23.2. The third-order valence-electron chi connectivity index (χ3n) is 6.31. The Morgan fingerprint density at radius 3 is 2.26 bits per heavy atom. The van der Waals surface area contributed by atoms with Gasteiger partial charge in [0.25, 0.3) is 9.84 Å². The van der Waals surface area contributed by atoms with E-state index in [0.29, 0.717) is 39.4 Å². The molecule has 0 aliphatic rings. The Balaban J connectivity index is 1.37. The Morgan fingerprint density at radius 2 is 1.58 bits per heavy atom. The number of ether oxygens (including phenoxy) is 5. The van der Waals surface area contributed by atoms with Crippen molar-refractivity contribution < 1.29 is 46.4 Å². The number of para-hydroxylation sites is 1. The number of fused-ring (bicyclic) bond motifs is 1. The predicted molar refractivity (Wildman–Crippen MR) is 150 cm³/mol. The lowest BCUT2D eigenvalue weighted by Crippen LogP contribution is -2.31. The first kappa shape index (κ1) is 29.1. The van der Waals surface area contributed by atoms with Crippen molar-refractivity contribution in [2.45, 2.75) is 9.92 Å². The average Bonchev–Trinajstić information content (AvgIpc) is 3.42. The first-order chi connectivity index (χ1) is 20.8. The summed E-state index contributed by atoms with van der Waals surface area (Å²) >= 11 is 0. The van der Waals surface area contributed by atoms with E-state index >= 15 is 0 Å². The van der Waals surface area contributed by atoms with Gasteiger partial charge in [-0.05, 0) is 41.3 Å². The van der Waals surface area contributed by atoms with Gasteiger partial charge in [-0.15, -0.1) is 0 Å². The summed E-state index contributed by atoms with van der Waals surface area (Å²) in [6.07, 6.45) is 0. The molecule has 14 heteroatoms. The van der Waals surface area contributed by atoms with Gasteiger partial charge < -0.3 is 28.9 Å². The van der Waals surface area contributed by atoms with Gasteiger partial charge in [-0.2, -0.15) is 0 Å². The minimum absolute atomic E-state index is 0.147. The molecule has 0 amide bonds. The van der Waals surface area contributed by atoms with Crippen molar-refractivity contribution in [1.82, 2.24) is 10.1 Å². The molecule has 2 heterocycles. The molecule has 5 aromatic rings. The molecule has 0 spiro atoms. The van der Waals surface area contributed by atoms with Crippen LogP contribution in [0, 0.1) is 5.21 Å². The van der Waals surface area contributed by atoms with E-state index in [9.17, 15) is 18.4 Å². The Morgan fingerprint density at radius 1 is 0.907 bits per heavy atom. The molecule has 43 heavy (non-hydrogen) atoms. The third-order valence-corrected chi connectivity index (χ3v) is 8.03. The molecule has 0 aliphatic carbocycles. The Hall–Kier alpha value is -5.37. The van der Waals surface area contributed by atoms with Gasteiger partial charge in [-0.3, -0.25) is 4.63 Å². The standard InChI is InChI=1S/C29H25N3O10S/c1-37-24-15-18(16-25(38-2)26(24)39-3)23-17-21(20-11-7-8-12-22(20)30-23)29(33)41-14-13-40-27-28(32(34)42-31-27)43(35,36)19-9-5-4-6-10-19/h4-12,15-17H,13-14H2,1-3H3. The maximum atomic E-state index is 13.3. The normalized spacial score (nSPS) is 11.2. The summed E-state index contributed by atoms with van der Waals surface area (Å²) < 4.78 is 57.5. The molecule has 0 radical (unpaired) electrons. The van der Waals surface area contributed by atoms with E-state index in [0.717, 1.165) is 0 Å². The summed E-state index contributed by atoms with van der Waals surface area (Å²) in [5.74, 6) is -0.0208. The topological polar surface area (TPSA) is 163 Å². The van der Waals surface area contributed by atoms with Crippen LogP contribution in [0.4, 0.5) is 0 Å². The third kappa shape index (κ3) is 5.72. The van der Waals surface area contributed by atoms with Crippen molar-refractivity contribution >= 4 is 26.7 Å². The predicted octanol–water partition coefficient (Wildman–Crippen LogP) is 3.62. The highest BCUT2D eigenvalue weighted by atomic mass is 32.2. The van der Waals surface area contributed by atoms with E-state index in [1.165, 1.54) is 45.6 Å². The lowest BCUT2D eigenvalue weighted by Gasteiger charge is -2.15. The van der Waals surface area contributed by atoms with Crippen LogP contribution in [0.1, 0.15) is 10.4 Å². The number of carbonyl (C=O) groups excluding carboxylic acids is 1. The molecule has 0 bridgehead atoms. The highest BCUT2D eigenvalue weighted by Crippen LogP contribution is 2.41. The second-order valence-corrected chi connectivity index (χ2v) is 10.7. The van der Waals surface area contributed by atoms with E-state index in [4.69, 9.17) is 28.7 Å². The number of pyridine rings is 1. The van der Waals surface area contributed by atoms with E-state index in [1.54, 1.807) is 48.5 Å². The molecule has 0 N–H and O–H groups in total. The van der Waals surface area contributed by atoms with Gasteiger partial charge in [0.1, 0.15) is 13.2 Å². The van der Waals surface area contributed by atoms with Crippen molar-refractivity contribution in [3.8, 4) is 34.4 Å². The fourth-order valence-electron chi connectivity index (χ4n) is 4.31. The molecule has 13 nitrogen and oxygen atoms in total. The molecular weight excluding hydrogens is 582 g/mol. The fourth-order valence-corrected chi connectivity index (χ4v) is 5.61. The number of esters is 1. The van der Waals surface area contributed by atoms with Crippen molar-refractivity contribution in [1.29, 1.82) is 0 Å². The quantitative estimate of drug-likeness (QED) is 0.122. The van der Waals surface area contributed by atoms with E-state index in [1.807, 2.05) is 0 Å². The smallest absolute Gasteiger partial charge is 0.415 e. The summed E-state index contributed by atoms with van der Waals surface area (Å²) in [5.41, 5.74) is 1.80. The van der Waals surface area contributed by atoms with Crippen LogP contribution in [-0.2, 0) is 14.6 Å². The summed E-state index contributed by atoms with van der Waals surface area (Å²) in [4.78, 5) is 17.6. The second-order valence-electron chi connectivity index (χ2n) is 8.83. The second kappa shape index (κ2) is 12.2. The molecule has 222 valence electrons. The number of rotatable bonds is 11. The molecule has 0 saturated carbocycles. The minimum atomic E-state index is -4.29. The number of benzene rings is 3. The molecule has 2 aromatic heterocycles. The largest absolute Gasteiger partial charge is 0.493 e. The maximum Gasteiger partial charge on any atom is 0.415 e. The summed E-state index contributed by atoms with van der Waals surface area (Å²) in [7, 11) is 0.192. The minimum Gasteiger partial charge on any atom is -0.493 e. The van der Waals surface area contributed by atoms with Gasteiger partial charge in [0.05, 0.1) is 48.2 Å². The number of hydrogen-bond acceptors (Lipinski definition) is 12. The molecule has 0 saturated heterocycles. The zero-order valence-corrected chi connectivity index (χ0v) is 24.0. The molecule has 0 unspecified atom stereocenters. The van der Waals surface area contributed by atoms with Crippen LogP contribution >= 0.6 is 0 Å². The van der Waals surface area contributed by atoms with Gasteiger partial charge in [0.2, 0.25) is 5.75 Å². The Bertz CT molecular complexity index is 1870. The van der Waals surface area contributed by atoms with Gasteiger partial charge in [0, 0.05) is 10.9 Å². The van der Waals surface area contributed by atoms with E-state index < -0.39 is 26.7 Å². The van der Waals surface area contributed by atoms with Gasteiger partial charge in [0.15, 0.2) is 11.5 Å². The van der Waals surface area contributed by atoms with Crippen LogP contribution in [0.2, 0.25) is 0 Å². The zero-order chi connectivity index (χ0) is 30.6. The van der Waals surface area contributed by atoms with Crippen LogP contribution in [0.15, 0.2) is 87.3 Å². The van der Waals surface area contributed by atoms with Crippen molar-refractivity contribution in [2.24, 2.45) is 0 Å². The number of aromatic nitrogens is 3. The average molecular weight is 608 g/mol. The van der Waals surface area contributed by atoms with Crippen LogP contribution < -0.4 is 23.9 Å². The molecule has 3 aromatic carbocycles.